The van der Waals surface area contributed by atoms with Crippen LogP contribution in [0.1, 0.15) is 44.4 Å². The van der Waals surface area contributed by atoms with Gasteiger partial charge in [0.2, 0.25) is 0 Å². The van der Waals surface area contributed by atoms with E-state index in [1.807, 2.05) is 13.0 Å². The van der Waals surface area contributed by atoms with Gasteiger partial charge in [0.05, 0.1) is 6.61 Å². The van der Waals surface area contributed by atoms with Crippen molar-refractivity contribution in [2.75, 3.05) is 13.2 Å². The van der Waals surface area contributed by atoms with Gasteiger partial charge in [0, 0.05) is 6.04 Å². The van der Waals surface area contributed by atoms with Crippen LogP contribution >= 0.6 is 0 Å². The van der Waals surface area contributed by atoms with E-state index in [0.29, 0.717) is 13.2 Å². The quantitative estimate of drug-likeness (QED) is 0.816. The maximum absolute atomic E-state index is 6.25. The highest BCUT2D eigenvalue weighted by Crippen LogP contribution is 2.29. The topological polar surface area (TPSA) is 61.3 Å². The monoisotopic (exact) mass is 250 g/mol. The first-order valence-electron chi connectivity index (χ1n) is 6.58. The van der Waals surface area contributed by atoms with Crippen LogP contribution in [0.3, 0.4) is 0 Å². The van der Waals surface area contributed by atoms with E-state index in [-0.39, 0.29) is 11.5 Å². The average Bonchev–Trinajstić information content (AvgIpc) is 2.31. The first kappa shape index (κ1) is 15.0. The van der Waals surface area contributed by atoms with Gasteiger partial charge >= 0.3 is 0 Å². The van der Waals surface area contributed by atoms with Gasteiger partial charge in [-0.3, -0.25) is 0 Å². The molecular formula is C15H26N2O. The zero-order chi connectivity index (χ0) is 13.8. The Morgan fingerprint density at radius 1 is 1.33 bits per heavy atom. The van der Waals surface area contributed by atoms with Crippen molar-refractivity contribution in [1.82, 2.24) is 0 Å². The summed E-state index contributed by atoms with van der Waals surface area (Å²) in [4.78, 5) is 0. The Hall–Kier alpha value is -1.06. The molecule has 0 saturated heterocycles. The summed E-state index contributed by atoms with van der Waals surface area (Å²) < 4.78 is 5.53. The van der Waals surface area contributed by atoms with Crippen LogP contribution < -0.4 is 16.2 Å². The molecule has 0 bridgehead atoms. The SMILES string of the molecule is CCOc1ccc(C(N)CC(C)(C)CN)cc1C. The van der Waals surface area contributed by atoms with Crippen molar-refractivity contribution in [3.8, 4) is 5.75 Å². The van der Waals surface area contributed by atoms with Crippen LogP contribution in [0.5, 0.6) is 5.75 Å². The molecular weight excluding hydrogens is 224 g/mol. The van der Waals surface area contributed by atoms with Gasteiger partial charge in [0.15, 0.2) is 0 Å². The maximum atomic E-state index is 6.25. The Kier molecular flexibility index (Phi) is 5.17. The molecule has 0 heterocycles. The smallest absolute Gasteiger partial charge is 0.122 e. The summed E-state index contributed by atoms with van der Waals surface area (Å²) in [6.07, 6.45) is 0.886. The minimum Gasteiger partial charge on any atom is -0.494 e. The summed E-state index contributed by atoms with van der Waals surface area (Å²) in [6, 6.07) is 6.19. The van der Waals surface area contributed by atoms with Gasteiger partial charge in [-0.15, -0.1) is 0 Å². The van der Waals surface area contributed by atoms with E-state index in [4.69, 9.17) is 16.2 Å². The molecule has 1 aromatic carbocycles. The normalized spacial score (nSPS) is 13.4. The van der Waals surface area contributed by atoms with Crippen molar-refractivity contribution in [3.05, 3.63) is 29.3 Å². The predicted molar refractivity (Wildman–Crippen MR) is 76.7 cm³/mol. The molecule has 0 aromatic heterocycles. The van der Waals surface area contributed by atoms with E-state index in [9.17, 15) is 0 Å². The zero-order valence-electron chi connectivity index (χ0n) is 12.0. The van der Waals surface area contributed by atoms with E-state index in [1.165, 1.54) is 0 Å². The standard InChI is InChI=1S/C15H26N2O/c1-5-18-14-7-6-12(8-11(14)2)13(17)9-15(3,4)10-16/h6-8,13H,5,9-10,16-17H2,1-4H3. The Labute approximate surface area is 111 Å². The molecule has 0 amide bonds. The third-order valence-corrected chi connectivity index (χ3v) is 3.25. The number of benzene rings is 1. The Morgan fingerprint density at radius 3 is 2.50 bits per heavy atom. The predicted octanol–water partition coefficient (Wildman–Crippen LogP) is 2.77. The second kappa shape index (κ2) is 6.21. The lowest BCUT2D eigenvalue weighted by Crippen LogP contribution is -2.28. The summed E-state index contributed by atoms with van der Waals surface area (Å²) in [7, 11) is 0. The fourth-order valence-corrected chi connectivity index (χ4v) is 2.02. The maximum Gasteiger partial charge on any atom is 0.122 e. The molecule has 18 heavy (non-hydrogen) atoms. The van der Waals surface area contributed by atoms with Gasteiger partial charge in [-0.25, -0.2) is 0 Å². The number of hydrogen-bond donors (Lipinski definition) is 2. The molecule has 4 N–H and O–H groups in total. The van der Waals surface area contributed by atoms with Crippen LogP contribution in [0.25, 0.3) is 0 Å². The number of ether oxygens (including phenoxy) is 1. The number of aryl methyl sites for hydroxylation is 1. The molecule has 0 radical (unpaired) electrons. The third-order valence-electron chi connectivity index (χ3n) is 3.25. The molecule has 0 saturated carbocycles. The molecule has 0 aliphatic heterocycles. The molecule has 1 unspecified atom stereocenters. The first-order chi connectivity index (χ1) is 8.39. The lowest BCUT2D eigenvalue weighted by Gasteiger charge is -2.26. The van der Waals surface area contributed by atoms with Crippen LogP contribution in [-0.2, 0) is 0 Å². The molecule has 0 aliphatic carbocycles. The van der Waals surface area contributed by atoms with E-state index >= 15 is 0 Å². The van der Waals surface area contributed by atoms with Crippen molar-refractivity contribution in [2.45, 2.75) is 40.2 Å². The Morgan fingerprint density at radius 2 is 2.00 bits per heavy atom. The average molecular weight is 250 g/mol. The van der Waals surface area contributed by atoms with Gasteiger partial charge in [0.1, 0.15) is 5.75 Å². The molecule has 102 valence electrons. The molecule has 3 heteroatoms. The number of hydrogen-bond acceptors (Lipinski definition) is 3. The van der Waals surface area contributed by atoms with Crippen molar-refractivity contribution in [3.63, 3.8) is 0 Å². The molecule has 0 fully saturated rings. The van der Waals surface area contributed by atoms with E-state index in [1.54, 1.807) is 0 Å². The minimum atomic E-state index is 0.0259. The largest absolute Gasteiger partial charge is 0.494 e. The molecule has 1 atom stereocenters. The van der Waals surface area contributed by atoms with Gasteiger partial charge in [-0.05, 0) is 49.4 Å². The summed E-state index contributed by atoms with van der Waals surface area (Å²) in [6.45, 7) is 9.67. The highest BCUT2D eigenvalue weighted by atomic mass is 16.5. The second-order valence-corrected chi connectivity index (χ2v) is 5.64. The summed E-state index contributed by atoms with van der Waals surface area (Å²) in [5.74, 6) is 0.937. The van der Waals surface area contributed by atoms with Crippen LogP contribution in [0.2, 0.25) is 0 Å². The van der Waals surface area contributed by atoms with Gasteiger partial charge in [0.25, 0.3) is 0 Å². The molecule has 1 rings (SSSR count). The van der Waals surface area contributed by atoms with Crippen LogP contribution in [-0.4, -0.2) is 13.2 Å². The summed E-state index contributed by atoms with van der Waals surface area (Å²) >= 11 is 0. The lowest BCUT2D eigenvalue weighted by atomic mass is 9.84. The van der Waals surface area contributed by atoms with Crippen LogP contribution in [0.15, 0.2) is 18.2 Å². The van der Waals surface area contributed by atoms with Gasteiger partial charge < -0.3 is 16.2 Å². The summed E-state index contributed by atoms with van der Waals surface area (Å²) in [5, 5.41) is 0. The lowest BCUT2D eigenvalue weighted by molar-refractivity contribution is 0.316. The van der Waals surface area contributed by atoms with Crippen molar-refractivity contribution in [1.29, 1.82) is 0 Å². The zero-order valence-corrected chi connectivity index (χ0v) is 12.0. The van der Waals surface area contributed by atoms with Gasteiger partial charge in [-0.2, -0.15) is 0 Å². The Bertz CT molecular complexity index is 388. The third kappa shape index (κ3) is 4.00. The van der Waals surface area contributed by atoms with Crippen molar-refractivity contribution < 1.29 is 4.74 Å². The molecule has 0 aliphatic rings. The van der Waals surface area contributed by atoms with E-state index in [2.05, 4.69) is 32.9 Å². The van der Waals surface area contributed by atoms with Gasteiger partial charge in [-0.1, -0.05) is 26.0 Å². The Balaban J connectivity index is 2.81. The highest BCUT2D eigenvalue weighted by Gasteiger charge is 2.21. The molecule has 0 spiro atoms. The number of nitrogens with two attached hydrogens (primary N) is 2. The summed E-state index contributed by atoms with van der Waals surface area (Å²) in [5.41, 5.74) is 14.4. The van der Waals surface area contributed by atoms with E-state index < -0.39 is 0 Å². The highest BCUT2D eigenvalue weighted by molar-refractivity contribution is 5.37. The fourth-order valence-electron chi connectivity index (χ4n) is 2.02. The van der Waals surface area contributed by atoms with Crippen LogP contribution in [0.4, 0.5) is 0 Å². The second-order valence-electron chi connectivity index (χ2n) is 5.64. The fraction of sp³-hybridized carbons (Fsp3) is 0.600. The number of rotatable bonds is 6. The van der Waals surface area contributed by atoms with Crippen molar-refractivity contribution in [2.24, 2.45) is 16.9 Å². The molecule has 3 nitrogen and oxygen atoms in total. The van der Waals surface area contributed by atoms with E-state index in [0.717, 1.165) is 23.3 Å². The molecule has 1 aromatic rings. The minimum absolute atomic E-state index is 0.0259. The van der Waals surface area contributed by atoms with Crippen LogP contribution in [0, 0.1) is 12.3 Å². The first-order valence-corrected chi connectivity index (χ1v) is 6.58. The van der Waals surface area contributed by atoms with Crippen molar-refractivity contribution >= 4 is 0 Å².